The van der Waals surface area contributed by atoms with Gasteiger partial charge in [-0.25, -0.2) is 4.98 Å². The molecule has 0 bridgehead atoms. The number of amides is 2. The average molecular weight is 604 g/mol. The second-order valence-electron chi connectivity index (χ2n) is 8.25. The predicted molar refractivity (Wildman–Crippen MR) is 145 cm³/mol. The molecule has 4 heterocycles. The summed E-state index contributed by atoms with van der Waals surface area (Å²) in [5, 5.41) is 24.7. The quantitative estimate of drug-likeness (QED) is 0.0909. The van der Waals surface area contributed by atoms with E-state index in [4.69, 9.17) is 23.1 Å². The standard InChI is InChI=1S/C20H22ClN7O5S4/c1-8(22)5-34-10-4-24-3-2-9(10)37-20(18(31)32)6-28-16(30)13(17(28)35-7-20)25-15(29)12(27-33)11-14(21)36-19(23)26-11/h2-4,8,13,17,33H,5-7,22H2,1H3,(H2,23,26)(H,25,29)(H,31,32)/t8?,13-,17-,20?/m1/s1. The number of carbonyl (C=O) groups excluding carboxylic acids is 2. The molecule has 12 nitrogen and oxygen atoms in total. The lowest BCUT2D eigenvalue weighted by Gasteiger charge is -2.53. The zero-order valence-corrected chi connectivity index (χ0v) is 23.2. The molecular formula is C20H22ClN7O5S4. The Morgan fingerprint density at radius 3 is 2.84 bits per heavy atom. The second kappa shape index (κ2) is 11.2. The van der Waals surface area contributed by atoms with Gasteiger partial charge in [0, 0.05) is 46.3 Å². The molecule has 2 unspecified atom stereocenters. The van der Waals surface area contributed by atoms with E-state index >= 15 is 0 Å². The van der Waals surface area contributed by atoms with E-state index in [0.29, 0.717) is 5.75 Å². The fourth-order valence-corrected chi connectivity index (χ4v) is 8.49. The predicted octanol–water partition coefficient (Wildman–Crippen LogP) is 1.41. The van der Waals surface area contributed by atoms with Crippen LogP contribution in [0.5, 0.6) is 0 Å². The van der Waals surface area contributed by atoms with Crippen molar-refractivity contribution in [2.45, 2.75) is 38.9 Å². The number of aliphatic carboxylic acids is 1. The molecule has 2 aliphatic rings. The number of hydrogen-bond acceptors (Lipinski definition) is 13. The van der Waals surface area contributed by atoms with Crippen LogP contribution in [0.25, 0.3) is 0 Å². The number of carboxylic acids is 1. The summed E-state index contributed by atoms with van der Waals surface area (Å²) in [6, 6.07) is 0.774. The number of nitrogens with one attached hydrogen (secondary N) is 1. The summed E-state index contributed by atoms with van der Waals surface area (Å²) in [6.45, 7) is 1.83. The molecule has 2 aliphatic heterocycles. The molecule has 0 spiro atoms. The molecule has 198 valence electrons. The average Bonchev–Trinajstić information content (AvgIpc) is 3.19. The van der Waals surface area contributed by atoms with Crippen molar-refractivity contribution in [3.63, 3.8) is 0 Å². The van der Waals surface area contributed by atoms with Gasteiger partial charge >= 0.3 is 5.97 Å². The van der Waals surface area contributed by atoms with Gasteiger partial charge in [0.15, 0.2) is 10.8 Å². The Kier molecular flexibility index (Phi) is 8.45. The van der Waals surface area contributed by atoms with Crippen LogP contribution in [-0.2, 0) is 14.4 Å². The number of hydrogen-bond donors (Lipinski definition) is 5. The second-order valence-corrected chi connectivity index (χ2v) is 13.5. The Morgan fingerprint density at radius 2 is 2.22 bits per heavy atom. The molecule has 4 atom stereocenters. The molecule has 37 heavy (non-hydrogen) atoms. The van der Waals surface area contributed by atoms with Crippen LogP contribution in [0.4, 0.5) is 5.13 Å². The summed E-state index contributed by atoms with van der Waals surface area (Å²) in [5.74, 6) is -1.53. The third kappa shape index (κ3) is 5.63. The monoisotopic (exact) mass is 603 g/mol. The summed E-state index contributed by atoms with van der Waals surface area (Å²) in [5.41, 5.74) is 10.9. The minimum Gasteiger partial charge on any atom is -0.480 e. The summed E-state index contributed by atoms with van der Waals surface area (Å²) >= 11 is 10.8. The Labute approximate surface area is 233 Å². The maximum Gasteiger partial charge on any atom is 0.322 e. The lowest BCUT2D eigenvalue weighted by molar-refractivity contribution is -0.151. The number of thioether (sulfide) groups is 3. The largest absolute Gasteiger partial charge is 0.480 e. The number of nitrogens with zero attached hydrogens (tertiary/aromatic N) is 4. The van der Waals surface area contributed by atoms with Crippen LogP contribution in [0.15, 0.2) is 33.4 Å². The Bertz CT molecular complexity index is 1260. The van der Waals surface area contributed by atoms with E-state index in [-0.39, 0.29) is 33.5 Å². The molecule has 0 saturated carbocycles. The van der Waals surface area contributed by atoms with Crippen molar-refractivity contribution >= 4 is 86.9 Å². The van der Waals surface area contributed by atoms with Crippen LogP contribution in [-0.4, -0.2) is 88.9 Å². The minimum absolute atomic E-state index is 0.0476. The van der Waals surface area contributed by atoms with Gasteiger partial charge in [-0.3, -0.25) is 19.4 Å². The molecule has 7 N–H and O–H groups in total. The van der Waals surface area contributed by atoms with E-state index in [0.717, 1.165) is 21.1 Å². The number of β-lactam (4-membered cyclic amide) rings is 1. The van der Waals surface area contributed by atoms with Gasteiger partial charge in [0.2, 0.25) is 5.91 Å². The van der Waals surface area contributed by atoms with Crippen LogP contribution in [0, 0.1) is 0 Å². The van der Waals surface area contributed by atoms with Crippen LogP contribution < -0.4 is 16.8 Å². The Balaban J connectivity index is 1.47. The Hall–Kier alpha value is -2.24. The maximum atomic E-state index is 13.0. The van der Waals surface area contributed by atoms with Gasteiger partial charge in [-0.2, -0.15) is 0 Å². The number of carbonyl (C=O) groups is 3. The molecule has 0 aromatic carbocycles. The first-order valence-electron chi connectivity index (χ1n) is 10.7. The fourth-order valence-electron chi connectivity index (χ4n) is 3.65. The van der Waals surface area contributed by atoms with E-state index in [9.17, 15) is 24.7 Å². The highest BCUT2D eigenvalue weighted by Crippen LogP contribution is 2.48. The molecule has 0 radical (unpaired) electrons. The van der Waals surface area contributed by atoms with E-state index in [2.05, 4.69) is 20.4 Å². The van der Waals surface area contributed by atoms with Crippen molar-refractivity contribution < 1.29 is 24.7 Å². The van der Waals surface area contributed by atoms with E-state index in [1.54, 1.807) is 18.5 Å². The van der Waals surface area contributed by atoms with Crippen molar-refractivity contribution in [3.05, 3.63) is 28.5 Å². The zero-order chi connectivity index (χ0) is 26.9. The van der Waals surface area contributed by atoms with Gasteiger partial charge < -0.3 is 32.0 Å². The van der Waals surface area contributed by atoms with Gasteiger partial charge in [-0.15, -0.1) is 35.3 Å². The normalized spacial score (nSPS) is 24.2. The topological polar surface area (TPSA) is 197 Å². The van der Waals surface area contributed by atoms with Gasteiger partial charge in [0.1, 0.15) is 26.2 Å². The number of fused-ring (bicyclic) bond motifs is 1. The number of anilines is 1. The molecule has 2 aromatic heterocycles. The van der Waals surface area contributed by atoms with E-state index in [1.165, 1.54) is 40.2 Å². The first-order valence-corrected chi connectivity index (χ1v) is 14.7. The third-order valence-corrected chi connectivity index (χ3v) is 11.1. The number of carboxylic acid groups (broad SMARTS) is 1. The van der Waals surface area contributed by atoms with Crippen LogP contribution in [0.1, 0.15) is 12.6 Å². The molecule has 17 heteroatoms. The van der Waals surface area contributed by atoms with Crippen molar-refractivity contribution in [1.29, 1.82) is 0 Å². The first kappa shape index (κ1) is 27.8. The van der Waals surface area contributed by atoms with Crippen LogP contribution in [0.2, 0.25) is 4.34 Å². The maximum absolute atomic E-state index is 13.0. The van der Waals surface area contributed by atoms with Gasteiger partial charge in [-0.05, 0) is 13.0 Å². The van der Waals surface area contributed by atoms with E-state index in [1.807, 2.05) is 6.92 Å². The number of rotatable bonds is 9. The molecule has 2 aromatic rings. The van der Waals surface area contributed by atoms with Gasteiger partial charge in [0.05, 0.1) is 0 Å². The van der Waals surface area contributed by atoms with E-state index < -0.39 is 39.7 Å². The van der Waals surface area contributed by atoms with Gasteiger partial charge in [-0.1, -0.05) is 28.1 Å². The summed E-state index contributed by atoms with van der Waals surface area (Å²) in [6.07, 6.45) is 3.27. The third-order valence-electron chi connectivity index (χ3n) is 5.43. The number of thiazole rings is 1. The van der Waals surface area contributed by atoms with Crippen LogP contribution in [0.3, 0.4) is 0 Å². The fraction of sp³-hybridized carbons (Fsp3) is 0.400. The van der Waals surface area contributed by atoms with Crippen molar-refractivity contribution in [1.82, 2.24) is 20.2 Å². The number of pyridine rings is 1. The van der Waals surface area contributed by atoms with Crippen molar-refractivity contribution in [2.75, 3.05) is 23.8 Å². The summed E-state index contributed by atoms with van der Waals surface area (Å²) in [7, 11) is 0. The molecule has 0 aliphatic carbocycles. The number of halogens is 1. The molecule has 2 saturated heterocycles. The van der Waals surface area contributed by atoms with Crippen molar-refractivity contribution in [2.24, 2.45) is 10.9 Å². The smallest absolute Gasteiger partial charge is 0.322 e. The van der Waals surface area contributed by atoms with Crippen molar-refractivity contribution in [3.8, 4) is 0 Å². The molecule has 2 fully saturated rings. The van der Waals surface area contributed by atoms with Gasteiger partial charge in [0.25, 0.3) is 5.91 Å². The number of aromatic nitrogens is 2. The number of oxime groups is 1. The number of nitrogens with two attached hydrogens (primary N) is 2. The zero-order valence-electron chi connectivity index (χ0n) is 19.2. The molecular weight excluding hydrogens is 582 g/mol. The summed E-state index contributed by atoms with van der Waals surface area (Å²) in [4.78, 5) is 49.2. The SMILES string of the molecule is CC(N)CSc1cnccc1SC1(C(=O)O)CS[C@@H]2[C@H](NC(=O)C(=NO)c3nc(N)sc3Cl)C(=O)N2C1. The summed E-state index contributed by atoms with van der Waals surface area (Å²) < 4.78 is -1.24. The number of nitrogen functional groups attached to an aromatic ring is 1. The highest BCUT2D eigenvalue weighted by Gasteiger charge is 2.58. The Morgan fingerprint density at radius 1 is 1.46 bits per heavy atom. The first-order chi connectivity index (χ1) is 17.6. The van der Waals surface area contributed by atoms with Crippen LogP contribution >= 0.6 is 58.2 Å². The lowest BCUT2D eigenvalue weighted by Crippen LogP contribution is -2.74. The highest BCUT2D eigenvalue weighted by atomic mass is 35.5. The lowest BCUT2D eigenvalue weighted by atomic mass is 10.0. The molecule has 2 amide bonds. The molecule has 4 rings (SSSR count). The minimum atomic E-state index is -1.31. The highest BCUT2D eigenvalue weighted by molar-refractivity contribution is 8.05.